The van der Waals surface area contributed by atoms with Crippen molar-refractivity contribution >= 4 is 5.97 Å². The van der Waals surface area contributed by atoms with Gasteiger partial charge < -0.3 is 9.47 Å². The maximum atomic E-state index is 11.4. The lowest BCUT2D eigenvalue weighted by Gasteiger charge is -2.22. The number of hydrogen-bond donors (Lipinski definition) is 0. The van der Waals surface area contributed by atoms with E-state index in [0.717, 1.165) is 25.7 Å². The molecule has 0 spiro atoms. The zero-order chi connectivity index (χ0) is 12.0. The van der Waals surface area contributed by atoms with E-state index in [2.05, 4.69) is 5.92 Å². The molecule has 0 aromatic carbocycles. The van der Waals surface area contributed by atoms with Crippen LogP contribution in [-0.4, -0.2) is 24.3 Å². The van der Waals surface area contributed by atoms with Crippen LogP contribution >= 0.6 is 0 Å². The zero-order valence-electron chi connectivity index (χ0n) is 10.1. The van der Waals surface area contributed by atoms with Crippen LogP contribution in [0.1, 0.15) is 46.0 Å². The van der Waals surface area contributed by atoms with Gasteiger partial charge in [-0.1, -0.05) is 19.3 Å². The summed E-state index contributed by atoms with van der Waals surface area (Å²) in [5, 5.41) is 0. The SMILES string of the molecule is C#C[C@@]1(COC(=O)CCCC)CC[C@H](C)O1. The highest BCUT2D eigenvalue weighted by Crippen LogP contribution is 2.30. The summed E-state index contributed by atoms with van der Waals surface area (Å²) in [4.78, 5) is 11.4. The Morgan fingerprint density at radius 1 is 1.69 bits per heavy atom. The number of ether oxygens (including phenoxy) is 2. The maximum Gasteiger partial charge on any atom is 0.305 e. The second-order valence-electron chi connectivity index (χ2n) is 4.37. The third-order valence-electron chi connectivity index (χ3n) is 2.85. The van der Waals surface area contributed by atoms with Gasteiger partial charge in [0.2, 0.25) is 0 Å². The fourth-order valence-corrected chi connectivity index (χ4v) is 1.78. The first-order valence-electron chi connectivity index (χ1n) is 5.93. The molecule has 0 radical (unpaired) electrons. The minimum absolute atomic E-state index is 0.158. The van der Waals surface area contributed by atoms with Crippen LogP contribution in [0.3, 0.4) is 0 Å². The van der Waals surface area contributed by atoms with Gasteiger partial charge in [0.25, 0.3) is 0 Å². The Morgan fingerprint density at radius 2 is 2.44 bits per heavy atom. The molecule has 0 aromatic heterocycles. The van der Waals surface area contributed by atoms with Crippen LogP contribution in [0.15, 0.2) is 0 Å². The number of carbonyl (C=O) groups is 1. The molecule has 0 N–H and O–H groups in total. The molecule has 0 aliphatic carbocycles. The lowest BCUT2D eigenvalue weighted by molar-refractivity contribution is -0.150. The summed E-state index contributed by atoms with van der Waals surface area (Å²) in [6.45, 7) is 4.21. The minimum atomic E-state index is -0.679. The molecule has 0 amide bonds. The van der Waals surface area contributed by atoms with E-state index in [0.29, 0.717) is 6.42 Å². The molecule has 1 aliphatic heterocycles. The molecule has 1 saturated heterocycles. The normalized spacial score (nSPS) is 28.7. The number of rotatable bonds is 5. The molecule has 1 heterocycles. The van der Waals surface area contributed by atoms with Crippen LogP contribution in [0.2, 0.25) is 0 Å². The van der Waals surface area contributed by atoms with Gasteiger partial charge in [-0.25, -0.2) is 0 Å². The fourth-order valence-electron chi connectivity index (χ4n) is 1.78. The van der Waals surface area contributed by atoms with Gasteiger partial charge in [-0.3, -0.25) is 4.79 Å². The molecule has 0 saturated carbocycles. The van der Waals surface area contributed by atoms with E-state index in [1.807, 2.05) is 13.8 Å². The Hall–Kier alpha value is -1.01. The van der Waals surface area contributed by atoms with Gasteiger partial charge in [-0.15, -0.1) is 6.42 Å². The van der Waals surface area contributed by atoms with Crippen molar-refractivity contribution in [1.29, 1.82) is 0 Å². The number of carbonyl (C=O) groups excluding carboxylic acids is 1. The lowest BCUT2D eigenvalue weighted by atomic mass is 10.0. The number of terminal acetylenes is 1. The second-order valence-corrected chi connectivity index (χ2v) is 4.37. The molecule has 3 heteroatoms. The molecule has 0 aromatic rings. The van der Waals surface area contributed by atoms with Crippen molar-refractivity contribution < 1.29 is 14.3 Å². The van der Waals surface area contributed by atoms with E-state index in [1.165, 1.54) is 0 Å². The Labute approximate surface area is 97.5 Å². The van der Waals surface area contributed by atoms with Crippen molar-refractivity contribution in [3.63, 3.8) is 0 Å². The van der Waals surface area contributed by atoms with Gasteiger partial charge in [-0.05, 0) is 26.2 Å². The van der Waals surface area contributed by atoms with Gasteiger partial charge in [-0.2, -0.15) is 0 Å². The van der Waals surface area contributed by atoms with E-state index < -0.39 is 5.60 Å². The molecule has 90 valence electrons. The van der Waals surface area contributed by atoms with Crippen molar-refractivity contribution in [2.24, 2.45) is 0 Å². The van der Waals surface area contributed by atoms with Crippen LogP contribution in [0.5, 0.6) is 0 Å². The largest absolute Gasteiger partial charge is 0.462 e. The van der Waals surface area contributed by atoms with Crippen molar-refractivity contribution in [3.8, 4) is 12.3 Å². The van der Waals surface area contributed by atoms with Crippen LogP contribution in [0.25, 0.3) is 0 Å². The molecule has 3 nitrogen and oxygen atoms in total. The highest BCUT2D eigenvalue weighted by molar-refractivity contribution is 5.69. The first-order chi connectivity index (χ1) is 7.62. The van der Waals surface area contributed by atoms with Crippen molar-refractivity contribution in [1.82, 2.24) is 0 Å². The van der Waals surface area contributed by atoms with Crippen LogP contribution in [0.4, 0.5) is 0 Å². The molecule has 1 fully saturated rings. The van der Waals surface area contributed by atoms with Crippen LogP contribution in [-0.2, 0) is 14.3 Å². The van der Waals surface area contributed by atoms with E-state index >= 15 is 0 Å². The maximum absolute atomic E-state index is 11.4. The number of esters is 1. The van der Waals surface area contributed by atoms with Gasteiger partial charge in [0.15, 0.2) is 5.60 Å². The second kappa shape index (κ2) is 5.91. The molecule has 0 unspecified atom stereocenters. The Balaban J connectivity index is 2.35. The quantitative estimate of drug-likeness (QED) is 0.531. The summed E-state index contributed by atoms with van der Waals surface area (Å²) >= 11 is 0. The molecule has 1 rings (SSSR count). The van der Waals surface area contributed by atoms with Crippen LogP contribution < -0.4 is 0 Å². The Kier molecular flexibility index (Phi) is 4.82. The standard InChI is InChI=1S/C13H20O3/c1-4-6-7-12(14)15-10-13(5-2)9-8-11(3)16-13/h2,11H,4,6-10H2,1,3H3/t11-,13-/m0/s1. The topological polar surface area (TPSA) is 35.5 Å². The van der Waals surface area contributed by atoms with E-state index in [4.69, 9.17) is 15.9 Å². The summed E-state index contributed by atoms with van der Waals surface area (Å²) < 4.78 is 10.8. The predicted octanol–water partition coefficient (Wildman–Crippen LogP) is 2.29. The summed E-state index contributed by atoms with van der Waals surface area (Å²) in [6.07, 6.45) is 9.62. The fraction of sp³-hybridized carbons (Fsp3) is 0.769. The van der Waals surface area contributed by atoms with E-state index in [-0.39, 0.29) is 18.7 Å². The Morgan fingerprint density at radius 3 is 2.94 bits per heavy atom. The molecular formula is C13H20O3. The molecule has 16 heavy (non-hydrogen) atoms. The average Bonchev–Trinajstić information content (AvgIpc) is 2.66. The molecular weight excluding hydrogens is 204 g/mol. The lowest BCUT2D eigenvalue weighted by Crippen LogP contribution is -2.34. The van der Waals surface area contributed by atoms with Gasteiger partial charge >= 0.3 is 5.97 Å². The van der Waals surface area contributed by atoms with Crippen molar-refractivity contribution in [2.45, 2.75) is 57.7 Å². The zero-order valence-corrected chi connectivity index (χ0v) is 10.1. The van der Waals surface area contributed by atoms with Gasteiger partial charge in [0.1, 0.15) is 6.61 Å². The average molecular weight is 224 g/mol. The first kappa shape index (κ1) is 13.1. The monoisotopic (exact) mass is 224 g/mol. The summed E-state index contributed by atoms with van der Waals surface area (Å²) in [5.74, 6) is 2.44. The highest BCUT2D eigenvalue weighted by Gasteiger charge is 2.38. The highest BCUT2D eigenvalue weighted by atomic mass is 16.6. The number of unbranched alkanes of at least 4 members (excludes halogenated alkanes) is 1. The first-order valence-corrected chi connectivity index (χ1v) is 5.93. The van der Waals surface area contributed by atoms with E-state index in [1.54, 1.807) is 0 Å². The minimum Gasteiger partial charge on any atom is -0.462 e. The summed E-state index contributed by atoms with van der Waals surface area (Å²) in [6, 6.07) is 0. The third-order valence-corrected chi connectivity index (χ3v) is 2.85. The van der Waals surface area contributed by atoms with Crippen molar-refractivity contribution in [2.75, 3.05) is 6.61 Å². The van der Waals surface area contributed by atoms with Gasteiger partial charge in [0.05, 0.1) is 6.10 Å². The van der Waals surface area contributed by atoms with Gasteiger partial charge in [0, 0.05) is 6.42 Å². The predicted molar refractivity (Wildman–Crippen MR) is 61.8 cm³/mol. The molecule has 2 atom stereocenters. The van der Waals surface area contributed by atoms with E-state index in [9.17, 15) is 4.79 Å². The molecule has 0 bridgehead atoms. The molecule has 1 aliphatic rings. The summed E-state index contributed by atoms with van der Waals surface area (Å²) in [7, 11) is 0. The smallest absolute Gasteiger partial charge is 0.305 e. The van der Waals surface area contributed by atoms with Crippen molar-refractivity contribution in [3.05, 3.63) is 0 Å². The third kappa shape index (κ3) is 3.53. The van der Waals surface area contributed by atoms with Crippen LogP contribution in [0, 0.1) is 12.3 Å². The summed E-state index contributed by atoms with van der Waals surface area (Å²) in [5.41, 5.74) is -0.679. The Bertz CT molecular complexity index is 279. The number of hydrogen-bond acceptors (Lipinski definition) is 3.